The maximum absolute atomic E-state index is 11.6. The van der Waals surface area contributed by atoms with Gasteiger partial charge >= 0.3 is 5.97 Å². The summed E-state index contributed by atoms with van der Waals surface area (Å²) < 4.78 is 0. The van der Waals surface area contributed by atoms with Crippen LogP contribution in [0.25, 0.3) is 0 Å². The van der Waals surface area contributed by atoms with Crippen LogP contribution < -0.4 is 5.32 Å². The van der Waals surface area contributed by atoms with Crippen molar-refractivity contribution in [2.75, 3.05) is 19.6 Å². The molecular formula is C13H19N3O3. The van der Waals surface area contributed by atoms with Crippen LogP contribution in [0.15, 0.2) is 11.8 Å². The number of carbonyl (C=O) groups is 2. The highest BCUT2D eigenvalue weighted by Crippen LogP contribution is 2.21. The molecule has 0 aromatic carbocycles. The molecule has 1 aliphatic heterocycles. The number of carboxylic acid groups (broad SMARTS) is 1. The van der Waals surface area contributed by atoms with Crippen molar-refractivity contribution < 1.29 is 14.7 Å². The highest BCUT2D eigenvalue weighted by atomic mass is 16.4. The molecule has 0 aromatic rings. The Morgan fingerprint density at radius 1 is 1.42 bits per heavy atom. The molecule has 0 radical (unpaired) electrons. The third kappa shape index (κ3) is 5.00. The summed E-state index contributed by atoms with van der Waals surface area (Å²) in [6, 6.07) is 1.82. The Balaban J connectivity index is 2.68. The number of amides is 1. The lowest BCUT2D eigenvalue weighted by Crippen LogP contribution is -2.36. The van der Waals surface area contributed by atoms with Gasteiger partial charge in [-0.05, 0) is 18.3 Å². The highest BCUT2D eigenvalue weighted by molar-refractivity contribution is 5.98. The van der Waals surface area contributed by atoms with Crippen molar-refractivity contribution in [1.82, 2.24) is 10.2 Å². The van der Waals surface area contributed by atoms with Crippen LogP contribution in [0.4, 0.5) is 0 Å². The predicted molar refractivity (Wildman–Crippen MR) is 68.9 cm³/mol. The second-order valence-corrected chi connectivity index (χ2v) is 5.13. The Labute approximate surface area is 112 Å². The minimum Gasteiger partial charge on any atom is -0.480 e. The molecule has 2 atom stereocenters. The summed E-state index contributed by atoms with van der Waals surface area (Å²) in [5.41, 5.74) is -0.0532. The number of carbonyl (C=O) groups excluding carboxylic acids is 1. The van der Waals surface area contributed by atoms with Gasteiger partial charge in [0.25, 0.3) is 5.91 Å². The number of nitrogens with one attached hydrogen (secondary N) is 1. The van der Waals surface area contributed by atoms with Crippen molar-refractivity contribution in [2.45, 2.75) is 20.3 Å². The van der Waals surface area contributed by atoms with E-state index in [1.54, 1.807) is 0 Å². The Morgan fingerprint density at radius 3 is 2.47 bits per heavy atom. The van der Waals surface area contributed by atoms with Gasteiger partial charge in [0.05, 0.1) is 0 Å². The minimum atomic E-state index is -1.13. The lowest BCUT2D eigenvalue weighted by Gasteiger charge is -2.34. The van der Waals surface area contributed by atoms with Crippen LogP contribution in [0.2, 0.25) is 0 Å². The van der Waals surface area contributed by atoms with Gasteiger partial charge in [-0.25, -0.2) is 0 Å². The van der Waals surface area contributed by atoms with E-state index in [4.69, 9.17) is 10.4 Å². The van der Waals surface area contributed by atoms with E-state index in [0.29, 0.717) is 11.8 Å². The van der Waals surface area contributed by atoms with Crippen LogP contribution in [-0.2, 0) is 9.59 Å². The normalized spacial score (nSPS) is 23.6. The van der Waals surface area contributed by atoms with E-state index in [-0.39, 0.29) is 5.57 Å². The summed E-state index contributed by atoms with van der Waals surface area (Å²) >= 11 is 0. The lowest BCUT2D eigenvalue weighted by molar-refractivity contribution is -0.137. The predicted octanol–water partition coefficient (Wildman–Crippen LogP) is 0.573. The lowest BCUT2D eigenvalue weighted by atomic mass is 9.92. The van der Waals surface area contributed by atoms with E-state index in [9.17, 15) is 9.59 Å². The molecule has 0 saturated carbocycles. The Morgan fingerprint density at radius 2 is 2.00 bits per heavy atom. The Kier molecular flexibility index (Phi) is 5.37. The number of nitrogens with zero attached hydrogens (tertiary/aromatic N) is 2. The molecule has 1 rings (SSSR count). The van der Waals surface area contributed by atoms with Gasteiger partial charge in [0.1, 0.15) is 18.2 Å². The van der Waals surface area contributed by atoms with Crippen molar-refractivity contribution in [3.8, 4) is 6.07 Å². The molecule has 0 aliphatic carbocycles. The van der Waals surface area contributed by atoms with Gasteiger partial charge in [-0.2, -0.15) is 5.26 Å². The summed E-state index contributed by atoms with van der Waals surface area (Å²) in [6.45, 7) is 5.40. The molecule has 2 unspecified atom stereocenters. The quantitative estimate of drug-likeness (QED) is 0.572. The maximum Gasteiger partial charge on any atom is 0.322 e. The van der Waals surface area contributed by atoms with E-state index < -0.39 is 18.4 Å². The van der Waals surface area contributed by atoms with Gasteiger partial charge in [-0.15, -0.1) is 0 Å². The summed E-state index contributed by atoms with van der Waals surface area (Å²) in [4.78, 5) is 23.9. The summed E-state index contributed by atoms with van der Waals surface area (Å²) in [7, 11) is 0. The molecule has 6 heteroatoms. The summed E-state index contributed by atoms with van der Waals surface area (Å²) in [5.74, 6) is -0.745. The number of hydrogen-bond donors (Lipinski definition) is 2. The molecule has 1 amide bonds. The van der Waals surface area contributed by atoms with E-state index >= 15 is 0 Å². The third-order valence-electron chi connectivity index (χ3n) is 2.97. The number of rotatable bonds is 4. The molecule has 0 aromatic heterocycles. The first kappa shape index (κ1) is 15.0. The average molecular weight is 265 g/mol. The second-order valence-electron chi connectivity index (χ2n) is 5.13. The third-order valence-corrected chi connectivity index (χ3v) is 2.97. The number of carboxylic acids is 1. The minimum absolute atomic E-state index is 0.0532. The van der Waals surface area contributed by atoms with Crippen LogP contribution in [0.3, 0.4) is 0 Å². The summed E-state index contributed by atoms with van der Waals surface area (Å²) in [6.07, 6.45) is 2.67. The second kappa shape index (κ2) is 6.78. The molecule has 0 spiro atoms. The average Bonchev–Trinajstić information content (AvgIpc) is 2.31. The number of aliphatic carboxylic acids is 1. The van der Waals surface area contributed by atoms with Gasteiger partial charge in [-0.3, -0.25) is 9.59 Å². The zero-order valence-corrected chi connectivity index (χ0v) is 11.2. The smallest absolute Gasteiger partial charge is 0.322 e. The molecule has 6 nitrogen and oxygen atoms in total. The topological polar surface area (TPSA) is 93.4 Å². The zero-order valence-electron chi connectivity index (χ0n) is 11.2. The fraction of sp³-hybridized carbons (Fsp3) is 0.615. The van der Waals surface area contributed by atoms with Gasteiger partial charge < -0.3 is 15.3 Å². The molecular weight excluding hydrogens is 246 g/mol. The van der Waals surface area contributed by atoms with Crippen molar-refractivity contribution in [1.29, 1.82) is 5.26 Å². The molecule has 0 bridgehead atoms. The van der Waals surface area contributed by atoms with Crippen molar-refractivity contribution >= 4 is 11.9 Å². The highest BCUT2D eigenvalue weighted by Gasteiger charge is 2.21. The fourth-order valence-corrected chi connectivity index (χ4v) is 2.39. The van der Waals surface area contributed by atoms with Crippen LogP contribution in [0.1, 0.15) is 20.3 Å². The van der Waals surface area contributed by atoms with Crippen molar-refractivity contribution in [2.24, 2.45) is 11.8 Å². The first-order valence-electron chi connectivity index (χ1n) is 6.28. The fourth-order valence-electron chi connectivity index (χ4n) is 2.39. The monoisotopic (exact) mass is 265 g/mol. The first-order valence-corrected chi connectivity index (χ1v) is 6.28. The zero-order chi connectivity index (χ0) is 14.4. The van der Waals surface area contributed by atoms with Gasteiger partial charge in [0.15, 0.2) is 0 Å². The van der Waals surface area contributed by atoms with Gasteiger partial charge in [0, 0.05) is 19.3 Å². The van der Waals surface area contributed by atoms with Crippen molar-refractivity contribution in [3.05, 3.63) is 11.8 Å². The van der Waals surface area contributed by atoms with E-state index in [1.807, 2.05) is 11.0 Å². The van der Waals surface area contributed by atoms with E-state index in [2.05, 4.69) is 19.2 Å². The van der Waals surface area contributed by atoms with E-state index in [0.717, 1.165) is 19.5 Å². The number of nitriles is 1. The van der Waals surface area contributed by atoms with Crippen LogP contribution >= 0.6 is 0 Å². The molecule has 1 saturated heterocycles. The standard InChI is InChI=1S/C13H19N3O3/c1-9-3-10(2)7-16(6-9)8-11(4-14)13(19)15-5-12(17)18/h8-10H,3,5-7H2,1-2H3,(H,15,19)(H,17,18)/b11-8-. The molecule has 19 heavy (non-hydrogen) atoms. The van der Waals surface area contributed by atoms with Crippen LogP contribution in [-0.4, -0.2) is 41.5 Å². The SMILES string of the molecule is CC1CC(C)CN(/C=C(/C#N)C(=O)NCC(=O)O)C1. The maximum atomic E-state index is 11.6. The van der Waals surface area contributed by atoms with Crippen LogP contribution in [0, 0.1) is 23.2 Å². The van der Waals surface area contributed by atoms with Gasteiger partial charge in [0.2, 0.25) is 0 Å². The Hall–Kier alpha value is -2.03. The number of piperidine rings is 1. The first-order chi connectivity index (χ1) is 8.92. The van der Waals surface area contributed by atoms with Crippen molar-refractivity contribution in [3.63, 3.8) is 0 Å². The molecule has 1 heterocycles. The number of likely N-dealkylation sites (tertiary alicyclic amines) is 1. The molecule has 104 valence electrons. The van der Waals surface area contributed by atoms with Crippen LogP contribution in [0.5, 0.6) is 0 Å². The van der Waals surface area contributed by atoms with Gasteiger partial charge in [-0.1, -0.05) is 13.8 Å². The Bertz CT molecular complexity index is 415. The largest absolute Gasteiger partial charge is 0.480 e. The summed E-state index contributed by atoms with van der Waals surface area (Å²) in [5, 5.41) is 19.6. The molecule has 2 N–H and O–H groups in total. The molecule has 1 aliphatic rings. The molecule has 1 fully saturated rings. The van der Waals surface area contributed by atoms with E-state index in [1.165, 1.54) is 6.20 Å². The number of hydrogen-bond acceptors (Lipinski definition) is 4.